The number of rotatable bonds is 9. The lowest BCUT2D eigenvalue weighted by Gasteiger charge is -2.48. The van der Waals surface area contributed by atoms with Crippen LogP contribution in [0, 0.1) is 0 Å². The average Bonchev–Trinajstić information content (AvgIpc) is 3.12. The Bertz CT molecular complexity index is 806. The van der Waals surface area contributed by atoms with Crippen molar-refractivity contribution >= 4 is 17.1 Å². The Balaban J connectivity index is 1.35. The van der Waals surface area contributed by atoms with Gasteiger partial charge in [-0.15, -0.1) is 0 Å². The highest BCUT2D eigenvalue weighted by Crippen LogP contribution is 2.44. The van der Waals surface area contributed by atoms with E-state index >= 15 is 0 Å². The third kappa shape index (κ3) is 7.85. The first-order valence-corrected chi connectivity index (χ1v) is 20.9. The van der Waals surface area contributed by atoms with E-state index < -0.39 is 0 Å². The van der Waals surface area contributed by atoms with E-state index in [0.717, 1.165) is 36.3 Å². The van der Waals surface area contributed by atoms with E-state index in [-0.39, 0.29) is 0 Å². The molecular formula is C42H69N3. The van der Waals surface area contributed by atoms with Gasteiger partial charge >= 0.3 is 0 Å². The van der Waals surface area contributed by atoms with Gasteiger partial charge in [0.15, 0.2) is 0 Å². The second-order valence-electron chi connectivity index (χ2n) is 16.7. The molecule has 6 saturated carbocycles. The molecule has 0 aromatic heterocycles. The van der Waals surface area contributed by atoms with Crippen LogP contribution >= 0.6 is 0 Å². The monoisotopic (exact) mass is 616 g/mol. The molecule has 0 spiro atoms. The molecular weight excluding hydrogens is 546 g/mol. The van der Waals surface area contributed by atoms with Crippen LogP contribution in [0.3, 0.4) is 0 Å². The standard InChI is InChI=1S/C42H69N3/c1-7-19-34(20-8-1)43(35-21-9-2-10-22-35)40-31-41(44(36-23-11-3-12-24-36)37-25-13-4-14-26-37)33-42(32-40)45(38-27-15-5-16-28-38)39-29-17-6-18-30-39/h31-39H,1-30H2. The summed E-state index contributed by atoms with van der Waals surface area (Å²) in [6.07, 6.45) is 43.0. The van der Waals surface area contributed by atoms with Crippen molar-refractivity contribution in [3.05, 3.63) is 18.2 Å². The first-order valence-electron chi connectivity index (χ1n) is 20.9. The minimum atomic E-state index is 0.751. The van der Waals surface area contributed by atoms with Gasteiger partial charge in [0.05, 0.1) is 0 Å². The molecule has 0 bridgehead atoms. The zero-order chi connectivity index (χ0) is 30.3. The van der Waals surface area contributed by atoms with E-state index in [1.807, 2.05) is 0 Å². The minimum Gasteiger partial charge on any atom is -0.365 e. The largest absolute Gasteiger partial charge is 0.365 e. The van der Waals surface area contributed by atoms with Crippen LogP contribution in [0.4, 0.5) is 17.1 Å². The van der Waals surface area contributed by atoms with Gasteiger partial charge in [-0.2, -0.15) is 0 Å². The van der Waals surface area contributed by atoms with Gasteiger partial charge in [-0.3, -0.25) is 0 Å². The molecule has 1 aromatic rings. The molecule has 6 aliphatic carbocycles. The van der Waals surface area contributed by atoms with E-state index in [9.17, 15) is 0 Å². The van der Waals surface area contributed by atoms with E-state index in [4.69, 9.17) is 0 Å². The molecule has 1 aromatic carbocycles. The summed E-state index contributed by atoms with van der Waals surface area (Å²) in [6.45, 7) is 0. The predicted molar refractivity (Wildman–Crippen MR) is 195 cm³/mol. The Kier molecular flexibility index (Phi) is 11.5. The van der Waals surface area contributed by atoms with Gasteiger partial charge in [0, 0.05) is 53.3 Å². The molecule has 252 valence electrons. The number of benzene rings is 1. The SMILES string of the molecule is c1c(N(C2CCCCC2)C2CCCCC2)cc(N(C2CCCCC2)C2CCCCC2)cc1N(C1CCCCC1)C1CCCCC1. The van der Waals surface area contributed by atoms with Crippen LogP contribution in [-0.2, 0) is 0 Å². The van der Waals surface area contributed by atoms with Crippen molar-refractivity contribution in [1.82, 2.24) is 0 Å². The van der Waals surface area contributed by atoms with Crippen molar-refractivity contribution in [2.24, 2.45) is 0 Å². The Morgan fingerprint density at radius 1 is 0.244 bits per heavy atom. The fourth-order valence-corrected chi connectivity index (χ4v) is 11.3. The highest BCUT2D eigenvalue weighted by molar-refractivity contribution is 5.71. The summed E-state index contributed by atoms with van der Waals surface area (Å²) in [7, 11) is 0. The molecule has 0 N–H and O–H groups in total. The van der Waals surface area contributed by atoms with Crippen molar-refractivity contribution in [3.63, 3.8) is 0 Å². The van der Waals surface area contributed by atoms with Gasteiger partial charge in [-0.05, 0) is 95.2 Å². The summed E-state index contributed by atoms with van der Waals surface area (Å²) in [6, 6.07) is 12.9. The average molecular weight is 616 g/mol. The maximum Gasteiger partial charge on any atom is 0.0412 e. The molecule has 0 unspecified atom stereocenters. The minimum absolute atomic E-state index is 0.751. The Hall–Kier alpha value is -1.38. The maximum atomic E-state index is 3.09. The molecule has 0 radical (unpaired) electrons. The third-order valence-corrected chi connectivity index (χ3v) is 13.6. The van der Waals surface area contributed by atoms with Crippen molar-refractivity contribution < 1.29 is 0 Å². The Morgan fingerprint density at radius 3 is 0.556 bits per heavy atom. The normalized spacial score (nSPS) is 26.1. The first kappa shape index (κ1) is 32.2. The van der Waals surface area contributed by atoms with E-state index in [1.54, 1.807) is 17.1 Å². The topological polar surface area (TPSA) is 9.72 Å². The first-order chi connectivity index (χ1) is 22.3. The van der Waals surface area contributed by atoms with Crippen LogP contribution < -0.4 is 14.7 Å². The summed E-state index contributed by atoms with van der Waals surface area (Å²) >= 11 is 0. The highest BCUT2D eigenvalue weighted by Gasteiger charge is 2.35. The molecule has 6 aliphatic rings. The second kappa shape index (κ2) is 16.1. The van der Waals surface area contributed by atoms with Gasteiger partial charge < -0.3 is 14.7 Å². The smallest absolute Gasteiger partial charge is 0.0412 e. The van der Waals surface area contributed by atoms with Crippen LogP contribution in [0.15, 0.2) is 18.2 Å². The number of hydrogen-bond acceptors (Lipinski definition) is 3. The summed E-state index contributed by atoms with van der Waals surface area (Å²) in [5.41, 5.74) is 4.90. The Morgan fingerprint density at radius 2 is 0.400 bits per heavy atom. The van der Waals surface area contributed by atoms with Gasteiger partial charge in [-0.1, -0.05) is 116 Å². The van der Waals surface area contributed by atoms with Crippen LogP contribution in [0.2, 0.25) is 0 Å². The lowest BCUT2D eigenvalue weighted by molar-refractivity contribution is 0.334. The highest BCUT2D eigenvalue weighted by atomic mass is 15.2. The molecule has 0 atom stereocenters. The van der Waals surface area contributed by atoms with E-state index in [2.05, 4.69) is 32.9 Å². The number of anilines is 3. The van der Waals surface area contributed by atoms with Gasteiger partial charge in [-0.25, -0.2) is 0 Å². The second-order valence-corrected chi connectivity index (χ2v) is 16.7. The van der Waals surface area contributed by atoms with Crippen LogP contribution in [0.1, 0.15) is 193 Å². The van der Waals surface area contributed by atoms with Gasteiger partial charge in [0.25, 0.3) is 0 Å². The fourth-order valence-electron chi connectivity index (χ4n) is 11.3. The maximum absolute atomic E-state index is 3.09. The third-order valence-electron chi connectivity index (χ3n) is 13.6. The Labute approximate surface area is 278 Å². The molecule has 0 amide bonds. The summed E-state index contributed by atoms with van der Waals surface area (Å²) in [5.74, 6) is 0. The molecule has 45 heavy (non-hydrogen) atoms. The molecule has 0 heterocycles. The van der Waals surface area contributed by atoms with Gasteiger partial charge in [0.1, 0.15) is 0 Å². The van der Waals surface area contributed by atoms with E-state index in [0.29, 0.717) is 0 Å². The quantitative estimate of drug-likeness (QED) is 0.274. The molecule has 3 heteroatoms. The summed E-state index contributed by atoms with van der Waals surface area (Å²) < 4.78 is 0. The lowest BCUT2D eigenvalue weighted by atomic mass is 9.86. The lowest BCUT2D eigenvalue weighted by Crippen LogP contribution is -2.48. The van der Waals surface area contributed by atoms with Crippen LogP contribution in [-0.4, -0.2) is 36.3 Å². The molecule has 3 nitrogen and oxygen atoms in total. The van der Waals surface area contributed by atoms with Crippen LogP contribution in [0.5, 0.6) is 0 Å². The summed E-state index contributed by atoms with van der Waals surface area (Å²) in [5, 5.41) is 0. The van der Waals surface area contributed by atoms with Crippen molar-refractivity contribution in [2.45, 2.75) is 229 Å². The zero-order valence-electron chi connectivity index (χ0n) is 29.3. The predicted octanol–water partition coefficient (Wildman–Crippen LogP) is 12.1. The van der Waals surface area contributed by atoms with Crippen molar-refractivity contribution in [3.8, 4) is 0 Å². The number of nitrogens with zero attached hydrogens (tertiary/aromatic N) is 3. The number of hydrogen-bond donors (Lipinski definition) is 0. The summed E-state index contributed by atoms with van der Waals surface area (Å²) in [4.78, 5) is 9.27. The molecule has 7 rings (SSSR count). The molecule has 0 aliphatic heterocycles. The molecule has 0 saturated heterocycles. The van der Waals surface area contributed by atoms with Crippen LogP contribution in [0.25, 0.3) is 0 Å². The van der Waals surface area contributed by atoms with Crippen molar-refractivity contribution in [2.75, 3.05) is 14.7 Å². The molecule has 6 fully saturated rings. The van der Waals surface area contributed by atoms with Crippen molar-refractivity contribution in [1.29, 1.82) is 0 Å². The zero-order valence-corrected chi connectivity index (χ0v) is 29.3. The van der Waals surface area contributed by atoms with Gasteiger partial charge in [0.2, 0.25) is 0 Å². The fraction of sp³-hybridized carbons (Fsp3) is 0.857. The van der Waals surface area contributed by atoms with E-state index in [1.165, 1.54) is 193 Å².